The summed E-state index contributed by atoms with van der Waals surface area (Å²) in [7, 11) is 6.60. The maximum atomic E-state index is 5.51. The van der Waals surface area contributed by atoms with E-state index in [2.05, 4.69) is 0 Å². The molecular weight excluding hydrogens is 431 g/mol. The molecule has 23 heavy (non-hydrogen) atoms. The van der Waals surface area contributed by atoms with Gasteiger partial charge in [0, 0.05) is 0 Å². The Balaban J connectivity index is 1.94. The van der Waals surface area contributed by atoms with Crippen LogP contribution < -0.4 is 9.47 Å². The molecule has 0 bridgehead atoms. The summed E-state index contributed by atoms with van der Waals surface area (Å²) in [5.41, 5.74) is 1.92. The fourth-order valence-electron chi connectivity index (χ4n) is 1.80. The van der Waals surface area contributed by atoms with Crippen LogP contribution in [0.15, 0.2) is 48.5 Å². The van der Waals surface area contributed by atoms with E-state index >= 15 is 0 Å². The van der Waals surface area contributed by atoms with Gasteiger partial charge in [-0.1, -0.05) is 0 Å². The second-order valence-electron chi connectivity index (χ2n) is 4.21. The molecule has 0 heterocycles. The van der Waals surface area contributed by atoms with E-state index in [4.69, 9.17) is 33.9 Å². The van der Waals surface area contributed by atoms with Gasteiger partial charge in [0.25, 0.3) is 0 Å². The van der Waals surface area contributed by atoms with Crippen LogP contribution >= 0.6 is 44.8 Å². The molecule has 2 rings (SSSR count). The number of hydrogen-bond acceptors (Lipinski definition) is 6. The first kappa shape index (κ1) is 18.8. The van der Waals surface area contributed by atoms with Crippen molar-refractivity contribution in [2.24, 2.45) is 0 Å². The average molecular weight is 446 g/mol. The van der Waals surface area contributed by atoms with Gasteiger partial charge in [-0.2, -0.15) is 0 Å². The Labute approximate surface area is 160 Å². The molecule has 0 N–H and O–H groups in total. The molecule has 0 aliphatic rings. The zero-order valence-electron chi connectivity index (χ0n) is 12.5. The third-order valence-electron chi connectivity index (χ3n) is 2.87. The summed E-state index contributed by atoms with van der Waals surface area (Å²) in [6.07, 6.45) is 0. The summed E-state index contributed by atoms with van der Waals surface area (Å²) in [4.78, 5) is 0. The van der Waals surface area contributed by atoms with Crippen molar-refractivity contribution >= 4 is 65.9 Å². The van der Waals surface area contributed by atoms with Gasteiger partial charge in [-0.05, 0) is 0 Å². The quantitative estimate of drug-likeness (QED) is 0.468. The topological polar surface area (TPSA) is 18.5 Å². The van der Waals surface area contributed by atoms with Gasteiger partial charge in [-0.3, -0.25) is 0 Å². The number of hydrogen-bond donors (Lipinski definition) is 0. The molecule has 0 amide bonds. The van der Waals surface area contributed by atoms with Crippen LogP contribution in [0.25, 0.3) is 0 Å². The van der Waals surface area contributed by atoms with E-state index in [1.165, 1.54) is 0 Å². The van der Waals surface area contributed by atoms with Crippen LogP contribution in [0.2, 0.25) is 0 Å². The summed E-state index contributed by atoms with van der Waals surface area (Å²) in [6.45, 7) is 0. The number of ether oxygens (including phenoxy) is 2. The van der Waals surface area contributed by atoms with Crippen LogP contribution in [-0.4, -0.2) is 35.3 Å². The van der Waals surface area contributed by atoms with Crippen LogP contribution in [-0.2, 0) is 0 Å². The Morgan fingerprint density at radius 2 is 1.17 bits per heavy atom. The molecule has 0 aliphatic heterocycles. The zero-order chi connectivity index (χ0) is 16.7. The normalized spacial score (nSPS) is 10.2. The third kappa shape index (κ3) is 5.21. The SMILES string of the molecule is COc1ccccc1C(=S)S[Se]SC(=S)c1ccccc1OC. The fraction of sp³-hybridized carbons (Fsp3) is 0.125. The molecule has 7 heteroatoms. The van der Waals surface area contributed by atoms with Gasteiger partial charge < -0.3 is 0 Å². The number of methoxy groups -OCH3 is 2. The van der Waals surface area contributed by atoms with E-state index < -0.39 is 0 Å². The van der Waals surface area contributed by atoms with E-state index in [0.717, 1.165) is 31.0 Å². The Bertz CT molecular complexity index is 646. The fourth-order valence-corrected chi connectivity index (χ4v) is 9.98. The molecule has 2 aromatic carbocycles. The number of para-hydroxylation sites is 2. The molecule has 0 unspecified atom stereocenters. The third-order valence-corrected chi connectivity index (χ3v) is 11.2. The van der Waals surface area contributed by atoms with Crippen molar-refractivity contribution in [3.05, 3.63) is 59.7 Å². The van der Waals surface area contributed by atoms with E-state index in [1.54, 1.807) is 34.6 Å². The van der Waals surface area contributed by atoms with Gasteiger partial charge in [0.2, 0.25) is 0 Å². The van der Waals surface area contributed by atoms with Crippen molar-refractivity contribution in [1.29, 1.82) is 0 Å². The molecule has 0 radical (unpaired) electrons. The summed E-state index contributed by atoms with van der Waals surface area (Å²) in [5.74, 6) is 1.61. The molecule has 0 saturated carbocycles. The molecular formula is C16H14O2S4Se. The summed E-state index contributed by atoms with van der Waals surface area (Å²) < 4.78 is 12.4. The van der Waals surface area contributed by atoms with E-state index in [1.807, 2.05) is 48.5 Å². The molecule has 0 fully saturated rings. The van der Waals surface area contributed by atoms with Crippen molar-refractivity contribution in [2.75, 3.05) is 14.2 Å². The second kappa shape index (κ2) is 9.67. The molecule has 0 aliphatic carbocycles. The van der Waals surface area contributed by atoms with Crippen molar-refractivity contribution in [1.82, 2.24) is 0 Å². The van der Waals surface area contributed by atoms with E-state index in [-0.39, 0.29) is 12.7 Å². The molecule has 2 nitrogen and oxygen atoms in total. The molecule has 120 valence electrons. The molecule has 0 aromatic heterocycles. The van der Waals surface area contributed by atoms with Crippen molar-refractivity contribution in [2.45, 2.75) is 0 Å². The van der Waals surface area contributed by atoms with Crippen LogP contribution in [0.3, 0.4) is 0 Å². The molecule has 0 saturated heterocycles. The van der Waals surface area contributed by atoms with Gasteiger partial charge in [0.05, 0.1) is 0 Å². The first-order chi connectivity index (χ1) is 11.2. The Kier molecular flexibility index (Phi) is 7.89. The Morgan fingerprint density at radius 3 is 1.57 bits per heavy atom. The number of benzene rings is 2. The Hall–Kier alpha value is -0.561. The standard InChI is InChI=1S/C16H14O2S4Se/c1-17-13-9-5-3-7-11(13)15(19)21-23-22-16(20)12-8-4-6-10-14(12)18-2/h3-10H,1-2H3. The van der Waals surface area contributed by atoms with Crippen LogP contribution in [0.1, 0.15) is 11.1 Å². The molecule has 2 aromatic rings. The first-order valence-corrected chi connectivity index (χ1v) is 13.0. The molecule has 0 spiro atoms. The summed E-state index contributed by atoms with van der Waals surface area (Å²) in [5, 5.41) is 0. The van der Waals surface area contributed by atoms with Gasteiger partial charge in [0.1, 0.15) is 0 Å². The van der Waals surface area contributed by atoms with Gasteiger partial charge >= 0.3 is 161 Å². The second-order valence-corrected chi connectivity index (χ2v) is 11.9. The number of thiocarbonyl (C=S) groups is 2. The van der Waals surface area contributed by atoms with Crippen LogP contribution in [0, 0.1) is 0 Å². The first-order valence-electron chi connectivity index (χ1n) is 6.53. The van der Waals surface area contributed by atoms with Crippen molar-refractivity contribution < 1.29 is 9.47 Å². The summed E-state index contributed by atoms with van der Waals surface area (Å²) in [6, 6.07) is 15.6. The Morgan fingerprint density at radius 1 is 0.783 bits per heavy atom. The number of rotatable bonds is 6. The minimum absolute atomic E-state index is 0.149. The van der Waals surface area contributed by atoms with E-state index in [0.29, 0.717) is 0 Å². The van der Waals surface area contributed by atoms with Gasteiger partial charge in [-0.25, -0.2) is 0 Å². The maximum absolute atomic E-state index is 5.51. The van der Waals surface area contributed by atoms with E-state index in [9.17, 15) is 0 Å². The van der Waals surface area contributed by atoms with Gasteiger partial charge in [0.15, 0.2) is 0 Å². The average Bonchev–Trinajstić information content (AvgIpc) is 2.61. The van der Waals surface area contributed by atoms with Crippen molar-refractivity contribution in [3.63, 3.8) is 0 Å². The monoisotopic (exact) mass is 446 g/mol. The predicted molar refractivity (Wildman–Crippen MR) is 110 cm³/mol. The minimum atomic E-state index is 0.149. The van der Waals surface area contributed by atoms with Gasteiger partial charge in [-0.15, -0.1) is 0 Å². The predicted octanol–water partition coefficient (Wildman–Crippen LogP) is 4.76. The van der Waals surface area contributed by atoms with Crippen LogP contribution in [0.4, 0.5) is 0 Å². The zero-order valence-corrected chi connectivity index (χ0v) is 17.5. The van der Waals surface area contributed by atoms with Crippen LogP contribution in [0.5, 0.6) is 11.5 Å². The van der Waals surface area contributed by atoms with Crippen molar-refractivity contribution in [3.8, 4) is 11.5 Å². The summed E-state index contributed by atoms with van der Waals surface area (Å²) >= 11 is 11.2. The molecule has 0 atom stereocenters.